The Hall–Kier alpha value is -1.95. The van der Waals surface area contributed by atoms with Gasteiger partial charge in [-0.15, -0.1) is 0 Å². The number of anilines is 1. The molecule has 94 valence electrons. The van der Waals surface area contributed by atoms with E-state index in [0.717, 1.165) is 18.7 Å². The lowest BCUT2D eigenvalue weighted by molar-refractivity contribution is 0.250. The maximum Gasteiger partial charge on any atom is 0.225 e. The molecule has 1 aliphatic heterocycles. The Balaban J connectivity index is 1.95. The molecule has 0 aliphatic carbocycles. The van der Waals surface area contributed by atoms with Gasteiger partial charge in [-0.2, -0.15) is 5.10 Å². The quantitative estimate of drug-likeness (QED) is 0.831. The van der Waals surface area contributed by atoms with E-state index in [-0.39, 0.29) is 12.6 Å². The average Bonchev–Trinajstić information content (AvgIpc) is 2.79. The molecular formula is C12H15N5O. The minimum absolute atomic E-state index is 0.0362. The standard InChI is InChI=1S/C12H15N5O/c18-9-11-3-7-17-10(2-6-15-17)8-16(11)12-13-4-1-5-14-12/h1-2,4-6,11,18H,3,7-9H2/t11-/m0/s1. The summed E-state index contributed by atoms with van der Waals surface area (Å²) in [6, 6.07) is 3.82. The second-order valence-electron chi connectivity index (χ2n) is 4.35. The Bertz CT molecular complexity index is 512. The normalized spacial score (nSPS) is 19.4. The van der Waals surface area contributed by atoms with E-state index < -0.39 is 0 Å². The molecule has 6 heteroatoms. The van der Waals surface area contributed by atoms with Crippen LogP contribution in [0.4, 0.5) is 5.95 Å². The highest BCUT2D eigenvalue weighted by atomic mass is 16.3. The average molecular weight is 245 g/mol. The third-order valence-corrected chi connectivity index (χ3v) is 3.27. The van der Waals surface area contributed by atoms with Gasteiger partial charge in [0, 0.05) is 25.1 Å². The van der Waals surface area contributed by atoms with E-state index in [1.165, 1.54) is 0 Å². The van der Waals surface area contributed by atoms with Gasteiger partial charge in [0.15, 0.2) is 0 Å². The van der Waals surface area contributed by atoms with Gasteiger partial charge in [0.25, 0.3) is 0 Å². The number of hydrogen-bond acceptors (Lipinski definition) is 5. The molecule has 2 aromatic heterocycles. The van der Waals surface area contributed by atoms with Crippen molar-refractivity contribution >= 4 is 5.95 Å². The van der Waals surface area contributed by atoms with Crippen molar-refractivity contribution < 1.29 is 5.11 Å². The number of nitrogens with zero attached hydrogens (tertiary/aromatic N) is 5. The Morgan fingerprint density at radius 1 is 1.28 bits per heavy atom. The van der Waals surface area contributed by atoms with Crippen molar-refractivity contribution in [3.63, 3.8) is 0 Å². The summed E-state index contributed by atoms with van der Waals surface area (Å²) in [7, 11) is 0. The van der Waals surface area contributed by atoms with Gasteiger partial charge >= 0.3 is 0 Å². The first kappa shape index (κ1) is 11.2. The van der Waals surface area contributed by atoms with Crippen LogP contribution >= 0.6 is 0 Å². The van der Waals surface area contributed by atoms with E-state index in [9.17, 15) is 5.11 Å². The summed E-state index contributed by atoms with van der Waals surface area (Å²) in [6.45, 7) is 1.59. The minimum atomic E-state index is 0.0362. The first-order chi connectivity index (χ1) is 8.88. The van der Waals surface area contributed by atoms with Crippen LogP contribution in [-0.2, 0) is 13.1 Å². The van der Waals surface area contributed by atoms with Crippen molar-refractivity contribution in [2.75, 3.05) is 11.5 Å². The summed E-state index contributed by atoms with van der Waals surface area (Å²) in [4.78, 5) is 10.6. The van der Waals surface area contributed by atoms with Gasteiger partial charge in [-0.1, -0.05) is 0 Å². The summed E-state index contributed by atoms with van der Waals surface area (Å²) in [5.41, 5.74) is 1.12. The SMILES string of the molecule is OC[C@@H]1CCn2nccc2CN1c1ncccn1. The van der Waals surface area contributed by atoms with Crippen molar-refractivity contribution in [2.45, 2.75) is 25.6 Å². The van der Waals surface area contributed by atoms with Gasteiger partial charge < -0.3 is 10.0 Å². The number of aromatic nitrogens is 4. The Morgan fingerprint density at radius 3 is 2.89 bits per heavy atom. The van der Waals surface area contributed by atoms with E-state index in [0.29, 0.717) is 12.5 Å². The summed E-state index contributed by atoms with van der Waals surface area (Å²) in [6.07, 6.45) is 6.08. The largest absolute Gasteiger partial charge is 0.394 e. The predicted octanol–water partition coefficient (Wildman–Crippen LogP) is 0.444. The van der Waals surface area contributed by atoms with E-state index in [1.54, 1.807) is 24.7 Å². The van der Waals surface area contributed by atoms with Gasteiger partial charge in [0.1, 0.15) is 0 Å². The van der Waals surface area contributed by atoms with Crippen molar-refractivity contribution in [1.29, 1.82) is 0 Å². The summed E-state index contributed by atoms with van der Waals surface area (Å²) < 4.78 is 1.98. The number of fused-ring (bicyclic) bond motifs is 1. The molecule has 0 fully saturated rings. The highest BCUT2D eigenvalue weighted by Crippen LogP contribution is 2.20. The Morgan fingerprint density at radius 2 is 2.11 bits per heavy atom. The second kappa shape index (κ2) is 4.73. The molecule has 0 bridgehead atoms. The summed E-state index contributed by atoms with van der Waals surface area (Å²) in [5, 5.41) is 13.8. The molecule has 3 heterocycles. The smallest absolute Gasteiger partial charge is 0.225 e. The molecule has 0 radical (unpaired) electrons. The monoisotopic (exact) mass is 245 g/mol. The Labute approximate surface area is 105 Å². The lowest BCUT2D eigenvalue weighted by atomic mass is 10.2. The van der Waals surface area contributed by atoms with Crippen LogP contribution in [0.3, 0.4) is 0 Å². The van der Waals surface area contributed by atoms with E-state index in [2.05, 4.69) is 15.1 Å². The van der Waals surface area contributed by atoms with Crippen molar-refractivity contribution in [3.05, 3.63) is 36.4 Å². The minimum Gasteiger partial charge on any atom is -0.394 e. The van der Waals surface area contributed by atoms with Crippen LogP contribution in [0.15, 0.2) is 30.7 Å². The number of aryl methyl sites for hydroxylation is 1. The zero-order valence-electron chi connectivity index (χ0n) is 9.98. The van der Waals surface area contributed by atoms with E-state index in [1.807, 2.05) is 15.6 Å². The van der Waals surface area contributed by atoms with Gasteiger partial charge in [-0.3, -0.25) is 4.68 Å². The molecule has 18 heavy (non-hydrogen) atoms. The van der Waals surface area contributed by atoms with Crippen LogP contribution in [0, 0.1) is 0 Å². The van der Waals surface area contributed by atoms with Crippen molar-refractivity contribution in [2.24, 2.45) is 0 Å². The molecule has 1 N–H and O–H groups in total. The van der Waals surface area contributed by atoms with E-state index in [4.69, 9.17) is 0 Å². The molecule has 0 aromatic carbocycles. The summed E-state index contributed by atoms with van der Waals surface area (Å²) >= 11 is 0. The van der Waals surface area contributed by atoms with Crippen molar-refractivity contribution in [1.82, 2.24) is 19.7 Å². The molecule has 0 amide bonds. The molecule has 0 saturated carbocycles. The molecule has 2 aromatic rings. The zero-order valence-corrected chi connectivity index (χ0v) is 9.98. The highest BCUT2D eigenvalue weighted by molar-refractivity contribution is 5.32. The maximum absolute atomic E-state index is 9.54. The van der Waals surface area contributed by atoms with Gasteiger partial charge in [0.2, 0.25) is 5.95 Å². The van der Waals surface area contributed by atoms with Crippen LogP contribution in [0.25, 0.3) is 0 Å². The fourth-order valence-corrected chi connectivity index (χ4v) is 2.29. The van der Waals surface area contributed by atoms with Crippen LogP contribution in [0.5, 0.6) is 0 Å². The topological polar surface area (TPSA) is 67.1 Å². The molecule has 0 spiro atoms. The molecule has 1 atom stereocenters. The zero-order chi connectivity index (χ0) is 12.4. The molecule has 3 rings (SSSR count). The van der Waals surface area contributed by atoms with E-state index >= 15 is 0 Å². The van der Waals surface area contributed by atoms with Crippen LogP contribution in [-0.4, -0.2) is 37.5 Å². The lowest BCUT2D eigenvalue weighted by Crippen LogP contribution is -2.37. The third kappa shape index (κ3) is 1.95. The summed E-state index contributed by atoms with van der Waals surface area (Å²) in [5.74, 6) is 0.659. The number of aliphatic hydroxyl groups excluding tert-OH is 1. The van der Waals surface area contributed by atoms with Crippen LogP contribution < -0.4 is 4.90 Å². The Kier molecular flexibility index (Phi) is 2.93. The first-order valence-corrected chi connectivity index (χ1v) is 6.03. The lowest BCUT2D eigenvalue weighted by Gasteiger charge is -2.27. The number of rotatable bonds is 2. The number of hydrogen-bond donors (Lipinski definition) is 1. The predicted molar refractivity (Wildman–Crippen MR) is 65.9 cm³/mol. The molecular weight excluding hydrogens is 230 g/mol. The fourth-order valence-electron chi connectivity index (χ4n) is 2.29. The van der Waals surface area contributed by atoms with Crippen LogP contribution in [0.2, 0.25) is 0 Å². The fraction of sp³-hybridized carbons (Fsp3) is 0.417. The van der Waals surface area contributed by atoms with Gasteiger partial charge in [-0.05, 0) is 18.6 Å². The molecule has 6 nitrogen and oxygen atoms in total. The highest BCUT2D eigenvalue weighted by Gasteiger charge is 2.25. The van der Waals surface area contributed by atoms with Crippen LogP contribution in [0.1, 0.15) is 12.1 Å². The molecule has 1 aliphatic rings. The maximum atomic E-state index is 9.54. The van der Waals surface area contributed by atoms with Gasteiger partial charge in [-0.25, -0.2) is 9.97 Å². The second-order valence-corrected chi connectivity index (χ2v) is 4.35. The van der Waals surface area contributed by atoms with Crippen molar-refractivity contribution in [3.8, 4) is 0 Å². The molecule has 0 unspecified atom stereocenters. The number of aliphatic hydroxyl groups is 1. The first-order valence-electron chi connectivity index (χ1n) is 6.03. The molecule has 0 saturated heterocycles. The van der Waals surface area contributed by atoms with Gasteiger partial charge in [0.05, 0.1) is 24.9 Å². The third-order valence-electron chi connectivity index (χ3n) is 3.27.